The number of nitrogens with two attached hydrogens (primary N) is 1. The van der Waals surface area contributed by atoms with Crippen LogP contribution in [0.15, 0.2) is 47.4 Å². The number of amides is 2. The van der Waals surface area contributed by atoms with Crippen molar-refractivity contribution in [2.24, 2.45) is 5.14 Å². The maximum absolute atomic E-state index is 13.4. The van der Waals surface area contributed by atoms with E-state index in [-0.39, 0.29) is 24.6 Å². The smallest absolute Gasteiger partial charge is 0.251 e. The van der Waals surface area contributed by atoms with E-state index in [1.54, 1.807) is 24.3 Å². The zero-order valence-corrected chi connectivity index (χ0v) is 14.9. The van der Waals surface area contributed by atoms with E-state index in [9.17, 15) is 22.4 Å². The lowest BCUT2D eigenvalue weighted by atomic mass is 10.2. The van der Waals surface area contributed by atoms with Crippen LogP contribution >= 0.6 is 11.6 Å². The molecule has 0 aliphatic carbocycles. The Morgan fingerprint density at radius 3 is 2.38 bits per heavy atom. The average Bonchev–Trinajstić information content (AvgIpc) is 2.54. The second-order valence-electron chi connectivity index (χ2n) is 5.28. The number of hydrogen-bond donors (Lipinski definition) is 3. The van der Waals surface area contributed by atoms with Gasteiger partial charge in [-0.1, -0.05) is 11.6 Å². The number of halogens is 2. The Labute approximate surface area is 154 Å². The minimum atomic E-state index is -4.10. The van der Waals surface area contributed by atoms with Gasteiger partial charge in [-0.15, -0.1) is 0 Å². The van der Waals surface area contributed by atoms with E-state index < -0.39 is 26.6 Å². The predicted octanol–water partition coefficient (Wildman–Crippen LogP) is 1.89. The fourth-order valence-corrected chi connectivity index (χ4v) is 2.71. The van der Waals surface area contributed by atoms with Crippen LogP contribution in [0.5, 0.6) is 0 Å². The van der Waals surface area contributed by atoms with Crippen molar-refractivity contribution in [2.75, 3.05) is 11.9 Å². The minimum Gasteiger partial charge on any atom is -0.352 e. The van der Waals surface area contributed by atoms with Crippen LogP contribution in [0.4, 0.5) is 10.1 Å². The van der Waals surface area contributed by atoms with Gasteiger partial charge in [0.05, 0.1) is 4.90 Å². The summed E-state index contributed by atoms with van der Waals surface area (Å²) in [6.07, 6.45) is -0.0967. The monoisotopic (exact) mass is 399 g/mol. The first-order chi connectivity index (χ1) is 12.1. The summed E-state index contributed by atoms with van der Waals surface area (Å²) >= 11 is 5.73. The molecule has 2 aromatic carbocycles. The predicted molar refractivity (Wildman–Crippen MR) is 94.8 cm³/mol. The topological polar surface area (TPSA) is 118 Å². The quantitative estimate of drug-likeness (QED) is 0.687. The molecule has 0 unspecified atom stereocenters. The van der Waals surface area contributed by atoms with Gasteiger partial charge >= 0.3 is 0 Å². The molecule has 0 fully saturated rings. The molecule has 7 nitrogen and oxygen atoms in total. The number of carbonyl (C=O) groups is 2. The van der Waals surface area contributed by atoms with Gasteiger partial charge in [-0.2, -0.15) is 0 Å². The zero-order valence-electron chi connectivity index (χ0n) is 13.3. The van der Waals surface area contributed by atoms with Crippen LogP contribution in [0.3, 0.4) is 0 Å². The van der Waals surface area contributed by atoms with Gasteiger partial charge < -0.3 is 10.6 Å². The summed E-state index contributed by atoms with van der Waals surface area (Å²) in [4.78, 5) is 23.3. The Hall–Kier alpha value is -2.49. The molecule has 0 aliphatic heterocycles. The van der Waals surface area contributed by atoms with E-state index in [0.717, 1.165) is 18.2 Å². The van der Waals surface area contributed by atoms with E-state index in [2.05, 4.69) is 10.6 Å². The molecule has 0 saturated carbocycles. The highest BCUT2D eigenvalue weighted by Gasteiger charge is 2.13. The highest BCUT2D eigenvalue weighted by molar-refractivity contribution is 7.89. The van der Waals surface area contributed by atoms with E-state index in [1.807, 2.05) is 0 Å². The van der Waals surface area contributed by atoms with Crippen molar-refractivity contribution < 1.29 is 22.4 Å². The lowest BCUT2D eigenvalue weighted by molar-refractivity contribution is -0.116. The molecule has 26 heavy (non-hydrogen) atoms. The molecular weight excluding hydrogens is 385 g/mol. The maximum Gasteiger partial charge on any atom is 0.251 e. The first-order valence-electron chi connectivity index (χ1n) is 7.32. The van der Waals surface area contributed by atoms with Crippen molar-refractivity contribution in [3.05, 3.63) is 58.9 Å². The van der Waals surface area contributed by atoms with Crippen molar-refractivity contribution in [2.45, 2.75) is 11.3 Å². The molecule has 0 aliphatic rings. The lowest BCUT2D eigenvalue weighted by Gasteiger charge is -2.08. The fraction of sp³-hybridized carbons (Fsp3) is 0.125. The van der Waals surface area contributed by atoms with Crippen molar-refractivity contribution in [3.8, 4) is 0 Å². The number of nitrogens with one attached hydrogen (secondary N) is 2. The normalized spacial score (nSPS) is 11.0. The third kappa shape index (κ3) is 5.80. The minimum absolute atomic E-state index is 0.0324. The van der Waals surface area contributed by atoms with Gasteiger partial charge in [0.2, 0.25) is 15.9 Å². The standard InChI is InChI=1S/C16H15ClFN3O4S/c17-11-3-1-10(2-4-11)16(23)20-6-5-15(22)21-13-7-12(18)8-14(9-13)26(19,24)25/h1-4,7-9H,5-6H2,(H,20,23)(H,21,22)(H2,19,24,25). The van der Waals surface area contributed by atoms with Crippen LogP contribution in [0.2, 0.25) is 5.02 Å². The van der Waals surface area contributed by atoms with E-state index in [0.29, 0.717) is 10.6 Å². The molecule has 0 saturated heterocycles. The van der Waals surface area contributed by atoms with Crippen molar-refractivity contribution in [1.82, 2.24) is 5.32 Å². The SMILES string of the molecule is NS(=O)(=O)c1cc(F)cc(NC(=O)CCNC(=O)c2ccc(Cl)cc2)c1. The number of anilines is 1. The largest absolute Gasteiger partial charge is 0.352 e. The highest BCUT2D eigenvalue weighted by Crippen LogP contribution is 2.17. The number of carbonyl (C=O) groups excluding carboxylic acids is 2. The zero-order chi connectivity index (χ0) is 19.3. The molecule has 0 bridgehead atoms. The molecule has 4 N–H and O–H groups in total. The lowest BCUT2D eigenvalue weighted by Crippen LogP contribution is -2.27. The third-order valence-corrected chi connectivity index (χ3v) is 4.37. The van der Waals surface area contributed by atoms with Gasteiger partial charge in [-0.3, -0.25) is 9.59 Å². The van der Waals surface area contributed by atoms with Crippen LogP contribution in [0, 0.1) is 5.82 Å². The highest BCUT2D eigenvalue weighted by atomic mass is 35.5. The van der Waals surface area contributed by atoms with Crippen LogP contribution in [0.25, 0.3) is 0 Å². The van der Waals surface area contributed by atoms with Gasteiger partial charge in [0.1, 0.15) is 5.82 Å². The fourth-order valence-electron chi connectivity index (χ4n) is 2.02. The molecular formula is C16H15ClFN3O4S. The first kappa shape index (κ1) is 19.8. The van der Waals surface area contributed by atoms with Gasteiger partial charge in [-0.05, 0) is 42.5 Å². The van der Waals surface area contributed by atoms with Crippen molar-refractivity contribution in [3.63, 3.8) is 0 Å². The molecule has 10 heteroatoms. The van der Waals surface area contributed by atoms with Gasteiger partial charge in [0, 0.05) is 29.2 Å². The second-order valence-corrected chi connectivity index (χ2v) is 7.28. The summed E-state index contributed by atoms with van der Waals surface area (Å²) in [6, 6.07) is 8.96. The summed E-state index contributed by atoms with van der Waals surface area (Å²) in [5.41, 5.74) is 0.334. The summed E-state index contributed by atoms with van der Waals surface area (Å²) in [7, 11) is -4.10. The Bertz CT molecular complexity index is 933. The van der Waals surface area contributed by atoms with Crippen LogP contribution in [-0.4, -0.2) is 26.8 Å². The molecule has 0 spiro atoms. The van der Waals surface area contributed by atoms with Crippen molar-refractivity contribution >= 4 is 39.1 Å². The molecule has 0 atom stereocenters. The second kappa shape index (κ2) is 8.26. The molecule has 2 rings (SSSR count). The summed E-state index contributed by atoms with van der Waals surface area (Å²) < 4.78 is 36.0. The van der Waals surface area contributed by atoms with Crippen LogP contribution < -0.4 is 15.8 Å². The van der Waals surface area contributed by atoms with Gasteiger partial charge in [0.25, 0.3) is 5.91 Å². The molecule has 2 aromatic rings. The molecule has 0 radical (unpaired) electrons. The summed E-state index contributed by atoms with van der Waals surface area (Å²) in [5, 5.41) is 10.3. The molecule has 138 valence electrons. The number of hydrogen-bond acceptors (Lipinski definition) is 4. The first-order valence-corrected chi connectivity index (χ1v) is 9.24. The van der Waals surface area contributed by atoms with E-state index in [4.69, 9.17) is 16.7 Å². The Balaban J connectivity index is 1.90. The summed E-state index contributed by atoms with van der Waals surface area (Å²) in [6.45, 7) is 0.0324. The van der Waals surface area contributed by atoms with Crippen molar-refractivity contribution in [1.29, 1.82) is 0 Å². The van der Waals surface area contributed by atoms with E-state index >= 15 is 0 Å². The Kier molecular flexibility index (Phi) is 6.30. The molecule has 2 amide bonds. The third-order valence-electron chi connectivity index (χ3n) is 3.23. The van der Waals surface area contributed by atoms with Crippen LogP contribution in [-0.2, 0) is 14.8 Å². The number of sulfonamides is 1. The van der Waals surface area contributed by atoms with Gasteiger partial charge in [-0.25, -0.2) is 17.9 Å². The van der Waals surface area contributed by atoms with Gasteiger partial charge in [0.15, 0.2) is 0 Å². The molecule has 0 heterocycles. The van der Waals surface area contributed by atoms with E-state index in [1.165, 1.54) is 0 Å². The number of benzene rings is 2. The Morgan fingerprint density at radius 2 is 1.77 bits per heavy atom. The number of rotatable bonds is 6. The summed E-state index contributed by atoms with van der Waals surface area (Å²) in [5.74, 6) is -1.77. The van der Waals surface area contributed by atoms with Crippen LogP contribution in [0.1, 0.15) is 16.8 Å². The number of primary sulfonamides is 1. The molecule has 0 aromatic heterocycles. The Morgan fingerprint density at radius 1 is 1.12 bits per heavy atom. The maximum atomic E-state index is 13.4. The average molecular weight is 400 g/mol.